The number of amides is 3. The summed E-state index contributed by atoms with van der Waals surface area (Å²) in [5.74, 6) is -1.28. The van der Waals surface area contributed by atoms with Gasteiger partial charge >= 0.3 is 6.18 Å². The molecule has 2 aromatic rings. The van der Waals surface area contributed by atoms with E-state index in [0.29, 0.717) is 22.9 Å². The topological polar surface area (TPSA) is 114 Å². The number of benzene rings is 1. The molecule has 2 heterocycles. The molecule has 3 aliphatic rings. The molecule has 5 rings (SSSR count). The molecule has 3 amide bonds. The molecule has 0 bridgehead atoms. The van der Waals surface area contributed by atoms with Gasteiger partial charge in [-0.3, -0.25) is 19.1 Å². The summed E-state index contributed by atoms with van der Waals surface area (Å²) >= 11 is 0. The minimum Gasteiger partial charge on any atom is -0.380 e. The van der Waals surface area contributed by atoms with Crippen LogP contribution in [0.1, 0.15) is 61.5 Å². The molecule has 1 aromatic carbocycles. The summed E-state index contributed by atoms with van der Waals surface area (Å²) in [4.78, 5) is 40.2. The highest BCUT2D eigenvalue weighted by molar-refractivity contribution is 6.01. The van der Waals surface area contributed by atoms with Crippen LogP contribution in [0.3, 0.4) is 0 Å². The Bertz CT molecular complexity index is 1300. The molecule has 2 unspecified atom stereocenters. The summed E-state index contributed by atoms with van der Waals surface area (Å²) in [6.45, 7) is 0.874. The number of nitrogens with zero attached hydrogens (tertiary/aromatic N) is 2. The van der Waals surface area contributed by atoms with E-state index in [1.54, 1.807) is 37.4 Å². The fourth-order valence-corrected chi connectivity index (χ4v) is 6.27. The lowest BCUT2D eigenvalue weighted by molar-refractivity contribution is -0.142. The molecule has 2 saturated carbocycles. The number of carbonyl (C=O) groups is 3. The molecule has 222 valence electrons. The van der Waals surface area contributed by atoms with Crippen molar-refractivity contribution in [2.24, 2.45) is 24.3 Å². The van der Waals surface area contributed by atoms with Crippen molar-refractivity contribution in [1.82, 2.24) is 20.4 Å². The van der Waals surface area contributed by atoms with Gasteiger partial charge in [0.05, 0.1) is 12.0 Å². The van der Waals surface area contributed by atoms with Gasteiger partial charge in [-0.1, -0.05) is 38.3 Å². The minimum absolute atomic E-state index is 0.0562. The number of aryl methyl sites for hydroxylation is 1. The van der Waals surface area contributed by atoms with Gasteiger partial charge < -0.3 is 20.7 Å². The molecule has 9 nitrogen and oxygen atoms in total. The van der Waals surface area contributed by atoms with Crippen LogP contribution in [-0.4, -0.2) is 59.5 Å². The number of alkyl halides is 3. The molecule has 0 spiro atoms. The Morgan fingerprint density at radius 1 is 1.17 bits per heavy atom. The van der Waals surface area contributed by atoms with E-state index in [9.17, 15) is 27.6 Å². The molecule has 3 N–H and O–H groups in total. The van der Waals surface area contributed by atoms with Crippen LogP contribution in [0.5, 0.6) is 0 Å². The quantitative estimate of drug-likeness (QED) is 0.400. The van der Waals surface area contributed by atoms with Gasteiger partial charge in [-0.2, -0.15) is 18.3 Å². The first kappa shape index (κ1) is 29.1. The SMILES string of the molecule is Cn1nccc1C(=O)N[C@H](C(=O)Nc1cccc(C2(C(=O)NCC(F)(F)F)CCOC2)c1)C(C1CCC1)C1(C)CC1. The standard InChI is InChI=1S/C29H36F3N5O4/c1-27(10-11-27)22(18-5-3-6-18)23(36-24(38)21-9-13-34-37(21)2)25(39)35-20-8-4-7-19(15-20)28(12-14-41-17-28)26(40)33-16-29(30,31)32/h4,7-9,13,15,18,22-23H,3,5-6,10-12,14,16-17H2,1-2H3,(H,33,40)(H,35,39)(H,36,38)/t22?,23-,28?/m0/s1. The summed E-state index contributed by atoms with van der Waals surface area (Å²) in [6, 6.07) is 7.36. The van der Waals surface area contributed by atoms with Gasteiger partial charge in [0.15, 0.2) is 0 Å². The first-order valence-electron chi connectivity index (χ1n) is 14.0. The number of hydrogen-bond donors (Lipinski definition) is 3. The first-order chi connectivity index (χ1) is 19.4. The molecule has 12 heteroatoms. The number of hydrogen-bond acceptors (Lipinski definition) is 5. The van der Waals surface area contributed by atoms with Gasteiger partial charge in [-0.15, -0.1) is 0 Å². The third-order valence-corrected chi connectivity index (χ3v) is 9.07. The van der Waals surface area contributed by atoms with Crippen molar-refractivity contribution in [1.29, 1.82) is 0 Å². The van der Waals surface area contributed by atoms with Crippen molar-refractivity contribution in [3.05, 3.63) is 47.8 Å². The van der Waals surface area contributed by atoms with Crippen molar-refractivity contribution >= 4 is 23.4 Å². The van der Waals surface area contributed by atoms with Crippen molar-refractivity contribution in [2.75, 3.05) is 25.1 Å². The molecule has 1 aromatic heterocycles. The molecule has 1 aliphatic heterocycles. The van der Waals surface area contributed by atoms with E-state index in [0.717, 1.165) is 32.1 Å². The molecule has 3 fully saturated rings. The van der Waals surface area contributed by atoms with E-state index >= 15 is 0 Å². The Kier molecular flexibility index (Phi) is 7.88. The zero-order valence-electron chi connectivity index (χ0n) is 23.2. The summed E-state index contributed by atoms with van der Waals surface area (Å²) in [5, 5.41) is 12.0. The first-order valence-corrected chi connectivity index (χ1v) is 14.0. The molecular formula is C29H36F3N5O4. The predicted octanol–water partition coefficient (Wildman–Crippen LogP) is 3.71. The van der Waals surface area contributed by atoms with Gasteiger partial charge in [0.2, 0.25) is 11.8 Å². The Labute approximate surface area is 236 Å². The number of aromatic nitrogens is 2. The molecule has 3 atom stereocenters. The van der Waals surface area contributed by atoms with Crippen molar-refractivity contribution < 1.29 is 32.3 Å². The van der Waals surface area contributed by atoms with Crippen LogP contribution in [0.25, 0.3) is 0 Å². The van der Waals surface area contributed by atoms with Crippen molar-refractivity contribution in [2.45, 2.75) is 63.1 Å². The second kappa shape index (κ2) is 11.1. The Hall–Kier alpha value is -3.41. The average Bonchev–Trinajstić information content (AvgIpc) is 3.26. The maximum absolute atomic E-state index is 13.9. The highest BCUT2D eigenvalue weighted by Gasteiger charge is 2.54. The number of ether oxygens (including phenoxy) is 1. The van der Waals surface area contributed by atoms with E-state index in [1.807, 2.05) is 5.32 Å². The largest absolute Gasteiger partial charge is 0.405 e. The van der Waals surface area contributed by atoms with Crippen LogP contribution in [0, 0.1) is 17.3 Å². The predicted molar refractivity (Wildman–Crippen MR) is 144 cm³/mol. The monoisotopic (exact) mass is 575 g/mol. The maximum Gasteiger partial charge on any atom is 0.405 e. The van der Waals surface area contributed by atoms with Crippen LogP contribution < -0.4 is 16.0 Å². The van der Waals surface area contributed by atoms with Crippen LogP contribution in [0.15, 0.2) is 36.5 Å². The summed E-state index contributed by atoms with van der Waals surface area (Å²) in [5.41, 5.74) is -0.194. The van der Waals surface area contributed by atoms with Crippen molar-refractivity contribution in [3.63, 3.8) is 0 Å². The lowest BCUT2D eigenvalue weighted by Gasteiger charge is -2.42. The van der Waals surface area contributed by atoms with Crippen LogP contribution in [0.2, 0.25) is 0 Å². The smallest absolute Gasteiger partial charge is 0.380 e. The number of carbonyl (C=O) groups excluding carboxylic acids is 3. The fraction of sp³-hybridized carbons (Fsp3) is 0.586. The third kappa shape index (κ3) is 6.12. The van der Waals surface area contributed by atoms with Gasteiger partial charge in [-0.25, -0.2) is 0 Å². The van der Waals surface area contributed by atoms with E-state index < -0.39 is 36.0 Å². The second-order valence-electron chi connectivity index (χ2n) is 11.9. The number of halogens is 3. The highest BCUT2D eigenvalue weighted by atomic mass is 19.4. The lowest BCUT2D eigenvalue weighted by atomic mass is 9.66. The summed E-state index contributed by atoms with van der Waals surface area (Å²) < 4.78 is 45.4. The Balaban J connectivity index is 1.40. The molecule has 41 heavy (non-hydrogen) atoms. The van der Waals surface area contributed by atoms with E-state index in [4.69, 9.17) is 4.74 Å². The van der Waals surface area contributed by atoms with Crippen molar-refractivity contribution in [3.8, 4) is 0 Å². The zero-order valence-corrected chi connectivity index (χ0v) is 23.2. The fourth-order valence-electron chi connectivity index (χ4n) is 6.27. The molecule has 0 radical (unpaired) electrons. The highest BCUT2D eigenvalue weighted by Crippen LogP contribution is 2.58. The lowest BCUT2D eigenvalue weighted by Crippen LogP contribution is -2.54. The van der Waals surface area contributed by atoms with Gasteiger partial charge in [0.25, 0.3) is 5.91 Å². The number of rotatable bonds is 10. The molecule has 2 aliphatic carbocycles. The van der Waals surface area contributed by atoms with E-state index in [1.165, 1.54) is 10.9 Å². The summed E-state index contributed by atoms with van der Waals surface area (Å²) in [6.07, 6.45) is 2.22. The van der Waals surface area contributed by atoms with E-state index in [2.05, 4.69) is 22.7 Å². The minimum atomic E-state index is -4.55. The van der Waals surface area contributed by atoms with Crippen LogP contribution in [-0.2, 0) is 26.8 Å². The van der Waals surface area contributed by atoms with Gasteiger partial charge in [0.1, 0.15) is 18.3 Å². The maximum atomic E-state index is 13.9. The molecule has 1 saturated heterocycles. The Morgan fingerprint density at radius 3 is 2.49 bits per heavy atom. The third-order valence-electron chi connectivity index (χ3n) is 9.07. The van der Waals surface area contributed by atoms with E-state index in [-0.39, 0.29) is 36.9 Å². The molecular weight excluding hydrogens is 539 g/mol. The second-order valence-corrected chi connectivity index (χ2v) is 11.9. The number of anilines is 1. The van der Waals surface area contributed by atoms with Crippen LogP contribution in [0.4, 0.5) is 18.9 Å². The normalized spacial score (nSPS) is 23.2. The summed E-state index contributed by atoms with van der Waals surface area (Å²) in [7, 11) is 1.66. The Morgan fingerprint density at radius 2 is 1.93 bits per heavy atom. The average molecular weight is 576 g/mol. The number of nitrogens with one attached hydrogen (secondary N) is 3. The zero-order chi connectivity index (χ0) is 29.4. The van der Waals surface area contributed by atoms with Gasteiger partial charge in [0, 0.05) is 25.5 Å². The van der Waals surface area contributed by atoms with Crippen LogP contribution >= 0.6 is 0 Å². The van der Waals surface area contributed by atoms with Gasteiger partial charge in [-0.05, 0) is 60.3 Å².